The van der Waals surface area contributed by atoms with Gasteiger partial charge in [-0.1, -0.05) is 18.2 Å². The first-order valence-corrected chi connectivity index (χ1v) is 11.2. The summed E-state index contributed by atoms with van der Waals surface area (Å²) in [6, 6.07) is 6.92. The number of carbonyl (C=O) groups is 2. The minimum absolute atomic E-state index is 0.0597. The molecule has 1 aromatic heterocycles. The van der Waals surface area contributed by atoms with Gasteiger partial charge in [0.2, 0.25) is 0 Å². The van der Waals surface area contributed by atoms with Gasteiger partial charge in [0.05, 0.1) is 6.04 Å². The molecule has 1 aromatic carbocycles. The van der Waals surface area contributed by atoms with Gasteiger partial charge in [0.15, 0.2) is 10.8 Å². The highest BCUT2D eigenvalue weighted by atomic mass is 32.1. The summed E-state index contributed by atoms with van der Waals surface area (Å²) in [5, 5.41) is 0.594. The van der Waals surface area contributed by atoms with Crippen LogP contribution >= 0.6 is 11.3 Å². The number of thiophene rings is 1. The Morgan fingerprint density at radius 1 is 1.24 bits per heavy atom. The van der Waals surface area contributed by atoms with Crippen molar-refractivity contribution in [3.63, 3.8) is 0 Å². The maximum atomic E-state index is 15.4. The minimum atomic E-state index is -0.536. The zero-order valence-electron chi connectivity index (χ0n) is 16.4. The first kappa shape index (κ1) is 18.9. The maximum absolute atomic E-state index is 15.4. The molecule has 2 heterocycles. The molecule has 2 aromatic rings. The van der Waals surface area contributed by atoms with Crippen LogP contribution in [0, 0.1) is 11.7 Å². The van der Waals surface area contributed by atoms with E-state index < -0.39 is 6.04 Å². The van der Waals surface area contributed by atoms with Gasteiger partial charge in [-0.15, -0.1) is 11.3 Å². The lowest BCUT2D eigenvalue weighted by molar-refractivity contribution is -0.131. The van der Waals surface area contributed by atoms with E-state index in [0.29, 0.717) is 29.6 Å². The van der Waals surface area contributed by atoms with Crippen molar-refractivity contribution in [2.24, 2.45) is 5.92 Å². The van der Waals surface area contributed by atoms with E-state index in [0.717, 1.165) is 43.2 Å². The van der Waals surface area contributed by atoms with Crippen LogP contribution in [0.2, 0.25) is 0 Å². The average molecular weight is 414 g/mol. The Hall–Kier alpha value is -2.05. The van der Waals surface area contributed by atoms with Gasteiger partial charge in [0, 0.05) is 36.4 Å². The zero-order chi connectivity index (χ0) is 20.1. The number of benzene rings is 1. The Bertz CT molecular complexity index is 976. The average Bonchev–Trinajstić information content (AvgIpc) is 3.59. The number of rotatable bonds is 6. The van der Waals surface area contributed by atoms with Crippen LogP contribution in [-0.4, -0.2) is 23.2 Å². The van der Waals surface area contributed by atoms with Gasteiger partial charge in [0.25, 0.3) is 0 Å². The molecular formula is C23H24FNO3S. The fraction of sp³-hybridized carbons (Fsp3) is 0.478. The largest absolute Gasteiger partial charge is 0.416 e. The number of esters is 1. The standard InChI is InChI=1S/C23H24FNO3S/c1-13(26)28-20-11-16-12-25(10-9-19(16)29-20)22(23(27)15-7-8-15)18-4-2-3-17(21(18)24)14-5-6-14/h2-4,11,14-15,22H,5-10,12H2,1H3. The van der Waals surface area contributed by atoms with Crippen molar-refractivity contribution < 1.29 is 18.7 Å². The van der Waals surface area contributed by atoms with E-state index in [-0.39, 0.29) is 23.5 Å². The lowest BCUT2D eigenvalue weighted by Crippen LogP contribution is -2.38. The van der Waals surface area contributed by atoms with Crippen LogP contribution in [0.15, 0.2) is 24.3 Å². The summed E-state index contributed by atoms with van der Waals surface area (Å²) < 4.78 is 20.7. The lowest BCUT2D eigenvalue weighted by Gasteiger charge is -2.34. The van der Waals surface area contributed by atoms with Gasteiger partial charge in [-0.05, 0) is 55.2 Å². The number of Topliss-reactive ketones (excluding diaryl/α,β-unsaturated/α-hetero) is 1. The lowest BCUT2D eigenvalue weighted by atomic mass is 9.93. The zero-order valence-corrected chi connectivity index (χ0v) is 17.3. The fourth-order valence-electron chi connectivity index (χ4n) is 4.35. The third-order valence-electron chi connectivity index (χ3n) is 6.10. The smallest absolute Gasteiger partial charge is 0.308 e. The summed E-state index contributed by atoms with van der Waals surface area (Å²) >= 11 is 1.49. The summed E-state index contributed by atoms with van der Waals surface area (Å²) in [4.78, 5) is 27.8. The minimum Gasteiger partial charge on any atom is -0.416 e. The van der Waals surface area contributed by atoms with E-state index in [4.69, 9.17) is 4.74 Å². The van der Waals surface area contributed by atoms with Crippen LogP contribution in [0.4, 0.5) is 4.39 Å². The predicted octanol–water partition coefficient (Wildman–Crippen LogP) is 4.77. The van der Waals surface area contributed by atoms with Gasteiger partial charge in [-0.2, -0.15) is 0 Å². The van der Waals surface area contributed by atoms with Crippen LogP contribution in [0.25, 0.3) is 0 Å². The second kappa shape index (κ2) is 7.33. The molecule has 2 fully saturated rings. The summed E-state index contributed by atoms with van der Waals surface area (Å²) in [5.74, 6) is -0.00476. The van der Waals surface area contributed by atoms with Gasteiger partial charge >= 0.3 is 5.97 Å². The molecule has 5 rings (SSSR count). The van der Waals surface area contributed by atoms with Crippen LogP contribution < -0.4 is 4.74 Å². The molecule has 1 atom stereocenters. The van der Waals surface area contributed by atoms with Crippen molar-refractivity contribution in [3.05, 3.63) is 51.7 Å². The SMILES string of the molecule is CC(=O)Oc1cc2c(s1)CCN(C(C(=O)C1CC1)c1cccc(C3CC3)c1F)C2. The summed E-state index contributed by atoms with van der Waals surface area (Å²) in [6.07, 6.45) is 4.66. The van der Waals surface area contributed by atoms with Gasteiger partial charge < -0.3 is 4.74 Å². The van der Waals surface area contributed by atoms with Crippen LogP contribution in [0.3, 0.4) is 0 Å². The van der Waals surface area contributed by atoms with E-state index in [2.05, 4.69) is 4.90 Å². The molecule has 2 saturated carbocycles. The molecule has 0 amide bonds. The highest BCUT2D eigenvalue weighted by Gasteiger charge is 2.41. The van der Waals surface area contributed by atoms with Crippen molar-refractivity contribution in [1.29, 1.82) is 0 Å². The van der Waals surface area contributed by atoms with Gasteiger partial charge in [-0.3, -0.25) is 14.5 Å². The molecule has 0 N–H and O–H groups in total. The molecule has 0 saturated heterocycles. The number of hydrogen-bond acceptors (Lipinski definition) is 5. The predicted molar refractivity (Wildman–Crippen MR) is 109 cm³/mol. The molecule has 0 radical (unpaired) electrons. The first-order valence-electron chi connectivity index (χ1n) is 10.4. The third kappa shape index (κ3) is 3.76. The van der Waals surface area contributed by atoms with Crippen LogP contribution in [0.5, 0.6) is 5.06 Å². The number of ether oxygens (including phenoxy) is 1. The number of ketones is 1. The van der Waals surface area contributed by atoms with Gasteiger partial charge in [-0.25, -0.2) is 4.39 Å². The summed E-state index contributed by atoms with van der Waals surface area (Å²) in [7, 11) is 0. The normalized spacial score (nSPS) is 20.2. The monoisotopic (exact) mass is 413 g/mol. The van der Waals surface area contributed by atoms with E-state index in [1.807, 2.05) is 18.2 Å². The van der Waals surface area contributed by atoms with Gasteiger partial charge in [0.1, 0.15) is 5.82 Å². The number of nitrogens with zero attached hydrogens (tertiary/aromatic N) is 1. The Balaban J connectivity index is 1.47. The fourth-order valence-corrected chi connectivity index (χ4v) is 5.40. The molecule has 0 spiro atoms. The quantitative estimate of drug-likeness (QED) is 0.640. The molecule has 2 aliphatic carbocycles. The molecule has 0 bridgehead atoms. The van der Waals surface area contributed by atoms with Crippen molar-refractivity contribution >= 4 is 23.1 Å². The summed E-state index contributed by atoms with van der Waals surface area (Å²) in [6.45, 7) is 2.66. The Morgan fingerprint density at radius 3 is 2.72 bits per heavy atom. The molecule has 1 aliphatic heterocycles. The van der Waals surface area contributed by atoms with Crippen LogP contribution in [0.1, 0.15) is 66.1 Å². The van der Waals surface area contributed by atoms with Crippen molar-refractivity contribution in [2.45, 2.75) is 57.5 Å². The molecule has 4 nitrogen and oxygen atoms in total. The first-order chi connectivity index (χ1) is 14.0. The molecule has 3 aliphatic rings. The highest BCUT2D eigenvalue weighted by Crippen LogP contribution is 2.45. The van der Waals surface area contributed by atoms with E-state index in [1.54, 1.807) is 6.07 Å². The number of fused-ring (bicyclic) bond motifs is 1. The van der Waals surface area contributed by atoms with E-state index in [1.165, 1.54) is 23.1 Å². The molecule has 29 heavy (non-hydrogen) atoms. The second-order valence-electron chi connectivity index (χ2n) is 8.43. The van der Waals surface area contributed by atoms with Crippen molar-refractivity contribution in [1.82, 2.24) is 4.90 Å². The van der Waals surface area contributed by atoms with E-state index in [9.17, 15) is 9.59 Å². The number of hydrogen-bond donors (Lipinski definition) is 0. The molecule has 6 heteroatoms. The van der Waals surface area contributed by atoms with E-state index >= 15 is 4.39 Å². The third-order valence-corrected chi connectivity index (χ3v) is 7.22. The number of carbonyl (C=O) groups excluding carboxylic acids is 2. The Morgan fingerprint density at radius 2 is 2.03 bits per heavy atom. The highest BCUT2D eigenvalue weighted by molar-refractivity contribution is 7.14. The maximum Gasteiger partial charge on any atom is 0.308 e. The Labute approximate surface area is 173 Å². The second-order valence-corrected chi connectivity index (χ2v) is 9.53. The number of halogens is 1. The van der Waals surface area contributed by atoms with Crippen LogP contribution in [-0.2, 0) is 22.6 Å². The molecular weight excluding hydrogens is 389 g/mol. The molecule has 1 unspecified atom stereocenters. The molecule has 152 valence electrons. The van der Waals surface area contributed by atoms with Crippen molar-refractivity contribution in [2.75, 3.05) is 6.54 Å². The Kier molecular flexibility index (Phi) is 4.79. The topological polar surface area (TPSA) is 46.6 Å². The van der Waals surface area contributed by atoms with Crippen molar-refractivity contribution in [3.8, 4) is 5.06 Å². The summed E-state index contributed by atoms with van der Waals surface area (Å²) in [5.41, 5.74) is 2.37.